The molecule has 1 aromatic carbocycles. The molecular weight excluding hydrogens is 272 g/mol. The van der Waals surface area contributed by atoms with Crippen molar-refractivity contribution < 1.29 is 19.7 Å². The van der Waals surface area contributed by atoms with Crippen molar-refractivity contribution in [1.82, 2.24) is 9.97 Å². The number of imidazole rings is 1. The molecule has 0 spiro atoms. The Labute approximate surface area is 113 Å². The molecule has 0 saturated carbocycles. The minimum absolute atomic E-state index is 0.105. The predicted octanol–water partition coefficient (Wildman–Crippen LogP) is 1.85. The second kappa shape index (κ2) is 5.29. The van der Waals surface area contributed by atoms with Crippen LogP contribution in [-0.2, 0) is 0 Å². The second-order valence-corrected chi connectivity index (χ2v) is 4.17. The number of ether oxygens (including phenoxy) is 1. The molecule has 1 unspecified atom stereocenters. The number of benzene rings is 1. The highest BCUT2D eigenvalue weighted by molar-refractivity contribution is 6.32. The van der Waals surface area contributed by atoms with E-state index in [2.05, 4.69) is 9.97 Å². The number of nitrogens with zero attached hydrogens (tertiary/aromatic N) is 1. The Kier molecular flexibility index (Phi) is 3.73. The molecular formula is C12H11ClN2O4. The topological polar surface area (TPSA) is 95.4 Å². The lowest BCUT2D eigenvalue weighted by Gasteiger charge is -2.12. The van der Waals surface area contributed by atoms with Crippen LogP contribution in [0.25, 0.3) is 0 Å². The minimum Gasteiger partial charge on any atom is -0.495 e. The van der Waals surface area contributed by atoms with Gasteiger partial charge < -0.3 is 19.9 Å². The number of aromatic amines is 1. The summed E-state index contributed by atoms with van der Waals surface area (Å²) in [4.78, 5) is 17.2. The van der Waals surface area contributed by atoms with E-state index in [1.165, 1.54) is 19.5 Å². The molecule has 2 aromatic rings. The number of nitrogens with one attached hydrogen (secondary N) is 1. The summed E-state index contributed by atoms with van der Waals surface area (Å²) in [7, 11) is 1.48. The van der Waals surface area contributed by atoms with Crippen LogP contribution in [0.5, 0.6) is 5.75 Å². The molecule has 0 fully saturated rings. The van der Waals surface area contributed by atoms with Crippen LogP contribution < -0.4 is 4.74 Å². The number of hydrogen-bond donors (Lipinski definition) is 3. The predicted molar refractivity (Wildman–Crippen MR) is 67.6 cm³/mol. The Bertz CT molecular complexity index is 612. The summed E-state index contributed by atoms with van der Waals surface area (Å²) < 4.78 is 5.00. The minimum atomic E-state index is -1.21. The van der Waals surface area contributed by atoms with E-state index in [4.69, 9.17) is 21.4 Å². The van der Waals surface area contributed by atoms with Crippen LogP contribution in [-0.4, -0.2) is 33.3 Å². The van der Waals surface area contributed by atoms with Crippen molar-refractivity contribution in [1.29, 1.82) is 0 Å². The maximum atomic E-state index is 10.9. The van der Waals surface area contributed by atoms with Crippen LogP contribution in [0.2, 0.25) is 5.02 Å². The molecule has 0 radical (unpaired) electrons. The zero-order chi connectivity index (χ0) is 14.0. The normalized spacial score (nSPS) is 12.2. The maximum Gasteiger partial charge on any atom is 0.356 e. The first-order chi connectivity index (χ1) is 9.04. The molecule has 3 N–H and O–H groups in total. The van der Waals surface area contributed by atoms with E-state index in [1.807, 2.05) is 0 Å². The summed E-state index contributed by atoms with van der Waals surface area (Å²) in [5.74, 6) is -0.740. The van der Waals surface area contributed by atoms with E-state index in [1.54, 1.807) is 12.1 Å². The molecule has 100 valence electrons. The average molecular weight is 283 g/mol. The first-order valence-corrected chi connectivity index (χ1v) is 5.70. The van der Waals surface area contributed by atoms with Crippen LogP contribution in [0.3, 0.4) is 0 Å². The number of carboxylic acids is 1. The SMILES string of the molecule is COc1ccc(C(O)c2[nH]cnc2C(=O)O)cc1Cl. The van der Waals surface area contributed by atoms with Crippen LogP contribution >= 0.6 is 11.6 Å². The molecule has 6 nitrogen and oxygen atoms in total. The van der Waals surface area contributed by atoms with Crippen molar-refractivity contribution in [2.45, 2.75) is 6.10 Å². The van der Waals surface area contributed by atoms with Crippen LogP contribution in [0.15, 0.2) is 24.5 Å². The summed E-state index contributed by atoms with van der Waals surface area (Å²) in [5, 5.41) is 19.4. The zero-order valence-corrected chi connectivity index (χ0v) is 10.7. The second-order valence-electron chi connectivity index (χ2n) is 3.77. The van der Waals surface area contributed by atoms with Gasteiger partial charge in [0.2, 0.25) is 0 Å². The lowest BCUT2D eigenvalue weighted by atomic mass is 10.1. The van der Waals surface area contributed by atoms with Crippen molar-refractivity contribution in [3.8, 4) is 5.75 Å². The fraction of sp³-hybridized carbons (Fsp3) is 0.167. The first-order valence-electron chi connectivity index (χ1n) is 5.32. The number of hydrogen-bond acceptors (Lipinski definition) is 4. The van der Waals surface area contributed by atoms with E-state index < -0.39 is 12.1 Å². The third kappa shape index (κ3) is 2.54. The van der Waals surface area contributed by atoms with Crippen molar-refractivity contribution in [3.05, 3.63) is 46.5 Å². The van der Waals surface area contributed by atoms with Crippen molar-refractivity contribution >= 4 is 17.6 Å². The Morgan fingerprint density at radius 1 is 1.53 bits per heavy atom. The monoisotopic (exact) mass is 282 g/mol. The van der Waals surface area contributed by atoms with Gasteiger partial charge in [0.15, 0.2) is 5.69 Å². The number of H-pyrrole nitrogens is 1. The molecule has 0 aliphatic carbocycles. The third-order valence-corrected chi connectivity index (χ3v) is 2.93. The van der Waals surface area contributed by atoms with Crippen molar-refractivity contribution in [3.63, 3.8) is 0 Å². The van der Waals surface area contributed by atoms with Gasteiger partial charge >= 0.3 is 5.97 Å². The number of carbonyl (C=O) groups is 1. The summed E-state index contributed by atoms with van der Waals surface area (Å²) in [5.41, 5.74) is 0.325. The quantitative estimate of drug-likeness (QED) is 0.795. The van der Waals surface area contributed by atoms with Gasteiger partial charge in [-0.2, -0.15) is 0 Å². The summed E-state index contributed by atoms with van der Waals surface area (Å²) in [6, 6.07) is 4.71. The van der Waals surface area contributed by atoms with E-state index in [-0.39, 0.29) is 11.4 Å². The van der Waals surface area contributed by atoms with E-state index >= 15 is 0 Å². The number of methoxy groups -OCH3 is 1. The van der Waals surface area contributed by atoms with Gasteiger partial charge in [0.05, 0.1) is 24.2 Å². The highest BCUT2D eigenvalue weighted by atomic mass is 35.5. The number of carboxylic acid groups (broad SMARTS) is 1. The molecule has 7 heteroatoms. The van der Waals surface area contributed by atoms with E-state index in [0.29, 0.717) is 16.3 Å². The van der Waals surface area contributed by atoms with Gasteiger partial charge in [0, 0.05) is 0 Å². The molecule has 0 aliphatic rings. The lowest BCUT2D eigenvalue weighted by Crippen LogP contribution is -2.08. The Balaban J connectivity index is 2.38. The third-order valence-electron chi connectivity index (χ3n) is 2.64. The highest BCUT2D eigenvalue weighted by Gasteiger charge is 2.22. The number of halogens is 1. The van der Waals surface area contributed by atoms with Crippen molar-refractivity contribution in [2.75, 3.05) is 7.11 Å². The average Bonchev–Trinajstić information content (AvgIpc) is 2.87. The fourth-order valence-electron chi connectivity index (χ4n) is 1.70. The maximum absolute atomic E-state index is 10.9. The Morgan fingerprint density at radius 3 is 2.84 bits per heavy atom. The molecule has 0 bridgehead atoms. The fourth-order valence-corrected chi connectivity index (χ4v) is 1.97. The van der Waals surface area contributed by atoms with Crippen LogP contribution in [0.1, 0.15) is 27.8 Å². The van der Waals surface area contributed by atoms with Gasteiger partial charge in [-0.15, -0.1) is 0 Å². The molecule has 1 atom stereocenters. The van der Waals surface area contributed by atoms with Gasteiger partial charge in [-0.1, -0.05) is 17.7 Å². The molecule has 0 aliphatic heterocycles. The number of aliphatic hydroxyl groups is 1. The molecule has 1 heterocycles. The standard InChI is InChI=1S/C12H11ClN2O4/c1-19-8-3-2-6(4-7(8)13)11(16)9-10(12(17)18)15-5-14-9/h2-5,11,16H,1H3,(H,14,15)(H,17,18). The van der Waals surface area contributed by atoms with Gasteiger partial charge in [0.1, 0.15) is 11.9 Å². The molecule has 1 aromatic heterocycles. The van der Waals surface area contributed by atoms with E-state index in [0.717, 1.165) is 0 Å². The molecule has 0 amide bonds. The van der Waals surface area contributed by atoms with Gasteiger partial charge in [-0.05, 0) is 17.7 Å². The number of aromatic nitrogens is 2. The number of aliphatic hydroxyl groups excluding tert-OH is 1. The zero-order valence-electron chi connectivity index (χ0n) is 9.92. The smallest absolute Gasteiger partial charge is 0.356 e. The molecule has 19 heavy (non-hydrogen) atoms. The Hall–Kier alpha value is -2.05. The van der Waals surface area contributed by atoms with Crippen molar-refractivity contribution in [2.24, 2.45) is 0 Å². The molecule has 0 saturated heterocycles. The number of rotatable bonds is 4. The van der Waals surface area contributed by atoms with Gasteiger partial charge in [0.25, 0.3) is 0 Å². The summed E-state index contributed by atoms with van der Waals surface area (Å²) in [6.45, 7) is 0. The lowest BCUT2D eigenvalue weighted by molar-refractivity contribution is 0.0685. The number of aromatic carboxylic acids is 1. The highest BCUT2D eigenvalue weighted by Crippen LogP contribution is 2.30. The van der Waals surface area contributed by atoms with Gasteiger partial charge in [-0.3, -0.25) is 0 Å². The summed E-state index contributed by atoms with van der Waals surface area (Å²) in [6.07, 6.45) is 0.0599. The largest absolute Gasteiger partial charge is 0.495 e. The first kappa shape index (κ1) is 13.4. The molecule has 2 rings (SSSR count). The summed E-state index contributed by atoms with van der Waals surface area (Å²) >= 11 is 5.96. The van der Waals surface area contributed by atoms with Gasteiger partial charge in [-0.25, -0.2) is 9.78 Å². The van der Waals surface area contributed by atoms with Crippen LogP contribution in [0, 0.1) is 0 Å². The van der Waals surface area contributed by atoms with E-state index in [9.17, 15) is 9.90 Å². The van der Waals surface area contributed by atoms with Crippen LogP contribution in [0.4, 0.5) is 0 Å². The Morgan fingerprint density at radius 2 is 2.26 bits per heavy atom.